The standard InChI is InChI=1S/C18H23N7O/c19-17-20-7-3-14(23-17)24-9-5-18(6-10-24)15-13(21-11-22-15)4-8-25(18)16(26)12-1-2-12/h3,7,11-12H,1-2,4-6,8-10H2,(H,21,22)(H2,19,20,23). The van der Waals surface area contributed by atoms with Gasteiger partial charge in [-0.2, -0.15) is 4.98 Å². The van der Waals surface area contributed by atoms with Gasteiger partial charge in [0, 0.05) is 43.9 Å². The summed E-state index contributed by atoms with van der Waals surface area (Å²) >= 11 is 0. The molecular formula is C18H23N7O. The maximum atomic E-state index is 13.0. The van der Waals surface area contributed by atoms with Crippen molar-refractivity contribution in [3.05, 3.63) is 30.0 Å². The van der Waals surface area contributed by atoms with Crippen LogP contribution in [-0.2, 0) is 16.8 Å². The second-order valence-corrected chi connectivity index (χ2v) is 7.54. The van der Waals surface area contributed by atoms with Crippen molar-refractivity contribution in [1.82, 2.24) is 24.8 Å². The number of fused-ring (bicyclic) bond motifs is 2. The van der Waals surface area contributed by atoms with E-state index in [0.717, 1.165) is 63.3 Å². The first-order valence-corrected chi connectivity index (χ1v) is 9.35. The average Bonchev–Trinajstić information content (AvgIpc) is 3.39. The smallest absolute Gasteiger partial charge is 0.226 e. The molecule has 2 aromatic heterocycles. The monoisotopic (exact) mass is 353 g/mol. The highest BCUT2D eigenvalue weighted by Gasteiger charge is 2.51. The van der Waals surface area contributed by atoms with E-state index in [1.54, 1.807) is 12.5 Å². The van der Waals surface area contributed by atoms with Crippen LogP contribution in [-0.4, -0.2) is 50.4 Å². The third-order valence-electron chi connectivity index (χ3n) is 6.03. The van der Waals surface area contributed by atoms with Crippen LogP contribution in [0.4, 0.5) is 11.8 Å². The third-order valence-corrected chi connectivity index (χ3v) is 6.03. The molecular weight excluding hydrogens is 330 g/mol. The van der Waals surface area contributed by atoms with Gasteiger partial charge in [-0.25, -0.2) is 9.97 Å². The van der Waals surface area contributed by atoms with Crippen molar-refractivity contribution < 1.29 is 4.79 Å². The zero-order valence-corrected chi connectivity index (χ0v) is 14.7. The van der Waals surface area contributed by atoms with Gasteiger partial charge in [0.1, 0.15) is 5.82 Å². The molecule has 1 saturated carbocycles. The highest BCUT2D eigenvalue weighted by molar-refractivity contribution is 5.82. The van der Waals surface area contributed by atoms with Gasteiger partial charge in [-0.3, -0.25) is 4.79 Å². The second-order valence-electron chi connectivity index (χ2n) is 7.54. The zero-order chi connectivity index (χ0) is 17.7. The van der Waals surface area contributed by atoms with Crippen molar-refractivity contribution in [2.24, 2.45) is 5.92 Å². The summed E-state index contributed by atoms with van der Waals surface area (Å²) in [5, 5.41) is 0. The van der Waals surface area contributed by atoms with E-state index >= 15 is 0 Å². The molecule has 2 aliphatic heterocycles. The summed E-state index contributed by atoms with van der Waals surface area (Å²) in [4.78, 5) is 33.6. The first-order valence-electron chi connectivity index (χ1n) is 9.35. The number of carbonyl (C=O) groups excluding carboxylic acids is 1. The molecule has 4 heterocycles. The Kier molecular flexibility index (Phi) is 3.41. The number of imidazole rings is 1. The van der Waals surface area contributed by atoms with E-state index in [4.69, 9.17) is 5.73 Å². The molecule has 2 fully saturated rings. The highest BCUT2D eigenvalue weighted by atomic mass is 16.2. The van der Waals surface area contributed by atoms with Crippen LogP contribution in [0.1, 0.15) is 37.1 Å². The van der Waals surface area contributed by atoms with E-state index in [1.165, 1.54) is 5.69 Å². The number of nitrogens with zero attached hydrogens (tertiary/aromatic N) is 5. The lowest BCUT2D eigenvalue weighted by molar-refractivity contribution is -0.142. The molecule has 1 aliphatic carbocycles. The van der Waals surface area contributed by atoms with Gasteiger partial charge in [0.05, 0.1) is 17.6 Å². The van der Waals surface area contributed by atoms with Gasteiger partial charge < -0.3 is 20.5 Å². The minimum atomic E-state index is -0.289. The Balaban J connectivity index is 1.45. The predicted octanol–water partition coefficient (Wildman–Crippen LogP) is 1.07. The number of piperidine rings is 1. The van der Waals surface area contributed by atoms with Gasteiger partial charge in [-0.1, -0.05) is 0 Å². The number of hydrogen-bond donors (Lipinski definition) is 2. The van der Waals surface area contributed by atoms with Crippen LogP contribution in [0, 0.1) is 5.92 Å². The quantitative estimate of drug-likeness (QED) is 0.837. The van der Waals surface area contributed by atoms with Gasteiger partial charge in [0.2, 0.25) is 11.9 Å². The van der Waals surface area contributed by atoms with E-state index in [0.29, 0.717) is 11.9 Å². The molecule has 3 N–H and O–H groups in total. The molecule has 0 unspecified atom stereocenters. The van der Waals surface area contributed by atoms with Gasteiger partial charge >= 0.3 is 0 Å². The Labute approximate surface area is 151 Å². The lowest BCUT2D eigenvalue weighted by atomic mass is 9.78. The topological polar surface area (TPSA) is 104 Å². The number of amides is 1. The van der Waals surface area contributed by atoms with Crippen LogP contribution < -0.4 is 10.6 Å². The molecule has 2 aromatic rings. The molecule has 8 heteroatoms. The minimum Gasteiger partial charge on any atom is -0.368 e. The van der Waals surface area contributed by atoms with Crippen LogP contribution >= 0.6 is 0 Å². The van der Waals surface area contributed by atoms with Crippen LogP contribution in [0.25, 0.3) is 0 Å². The molecule has 0 radical (unpaired) electrons. The maximum Gasteiger partial charge on any atom is 0.226 e. The molecule has 1 amide bonds. The summed E-state index contributed by atoms with van der Waals surface area (Å²) in [7, 11) is 0. The summed E-state index contributed by atoms with van der Waals surface area (Å²) in [5.41, 5.74) is 7.70. The Morgan fingerprint density at radius 3 is 2.77 bits per heavy atom. The molecule has 0 aromatic carbocycles. The Morgan fingerprint density at radius 1 is 1.23 bits per heavy atom. The van der Waals surface area contributed by atoms with E-state index in [1.807, 2.05) is 6.07 Å². The number of rotatable bonds is 2. The molecule has 1 spiro atoms. The summed E-state index contributed by atoms with van der Waals surface area (Å²) in [6.45, 7) is 2.42. The molecule has 1 saturated heterocycles. The predicted molar refractivity (Wildman–Crippen MR) is 96.3 cm³/mol. The zero-order valence-electron chi connectivity index (χ0n) is 14.7. The van der Waals surface area contributed by atoms with Crippen molar-refractivity contribution in [2.75, 3.05) is 30.3 Å². The molecule has 0 bridgehead atoms. The van der Waals surface area contributed by atoms with Crippen molar-refractivity contribution in [2.45, 2.75) is 37.6 Å². The number of aromatic amines is 1. The molecule has 5 rings (SSSR count). The number of nitrogens with one attached hydrogen (secondary N) is 1. The second kappa shape index (κ2) is 5.69. The fourth-order valence-electron chi connectivity index (χ4n) is 4.50. The van der Waals surface area contributed by atoms with E-state index in [9.17, 15) is 4.79 Å². The number of nitrogen functional groups attached to an aromatic ring is 1. The Hall–Kier alpha value is -2.64. The largest absolute Gasteiger partial charge is 0.368 e. The number of nitrogens with two attached hydrogens (primary N) is 1. The minimum absolute atomic E-state index is 0.229. The first kappa shape index (κ1) is 15.6. The molecule has 3 aliphatic rings. The van der Waals surface area contributed by atoms with Crippen molar-refractivity contribution in [3.8, 4) is 0 Å². The normalized spacial score (nSPS) is 21.7. The summed E-state index contributed by atoms with van der Waals surface area (Å²) in [5.74, 6) is 1.69. The molecule has 8 nitrogen and oxygen atoms in total. The van der Waals surface area contributed by atoms with Crippen molar-refractivity contribution in [3.63, 3.8) is 0 Å². The third kappa shape index (κ3) is 2.35. The lowest BCUT2D eigenvalue weighted by Crippen LogP contribution is -2.58. The average molecular weight is 353 g/mol. The number of anilines is 2. The number of carbonyl (C=O) groups is 1. The molecule has 136 valence electrons. The number of H-pyrrole nitrogens is 1. The lowest BCUT2D eigenvalue weighted by Gasteiger charge is -2.50. The first-order chi connectivity index (χ1) is 12.7. The molecule has 0 atom stereocenters. The highest BCUT2D eigenvalue weighted by Crippen LogP contribution is 2.45. The van der Waals surface area contributed by atoms with E-state index < -0.39 is 0 Å². The maximum absolute atomic E-state index is 13.0. The van der Waals surface area contributed by atoms with Crippen LogP contribution in [0.15, 0.2) is 18.6 Å². The van der Waals surface area contributed by atoms with Gasteiger partial charge in [-0.05, 0) is 31.7 Å². The fraction of sp³-hybridized carbons (Fsp3) is 0.556. The number of hydrogen-bond acceptors (Lipinski definition) is 6. The van der Waals surface area contributed by atoms with Gasteiger partial charge in [0.25, 0.3) is 0 Å². The van der Waals surface area contributed by atoms with Gasteiger partial charge in [-0.15, -0.1) is 0 Å². The van der Waals surface area contributed by atoms with Crippen molar-refractivity contribution >= 4 is 17.7 Å². The van der Waals surface area contributed by atoms with Crippen LogP contribution in [0.5, 0.6) is 0 Å². The number of aromatic nitrogens is 4. The van der Waals surface area contributed by atoms with E-state index in [-0.39, 0.29) is 11.5 Å². The summed E-state index contributed by atoms with van der Waals surface area (Å²) in [6, 6.07) is 1.89. The van der Waals surface area contributed by atoms with Crippen molar-refractivity contribution in [1.29, 1.82) is 0 Å². The van der Waals surface area contributed by atoms with Crippen LogP contribution in [0.3, 0.4) is 0 Å². The van der Waals surface area contributed by atoms with Crippen LogP contribution in [0.2, 0.25) is 0 Å². The van der Waals surface area contributed by atoms with Gasteiger partial charge in [0.15, 0.2) is 0 Å². The fourth-order valence-corrected chi connectivity index (χ4v) is 4.50. The Morgan fingerprint density at radius 2 is 2.04 bits per heavy atom. The summed E-state index contributed by atoms with van der Waals surface area (Å²) in [6.07, 6.45) is 8.10. The SMILES string of the molecule is Nc1nccc(N2CCC3(CC2)c2nc[nH]c2CCN3C(=O)C2CC2)n1. The van der Waals surface area contributed by atoms with E-state index in [2.05, 4.69) is 29.7 Å². The Bertz CT molecular complexity index is 836. The summed E-state index contributed by atoms with van der Waals surface area (Å²) < 4.78 is 0. The molecule has 26 heavy (non-hydrogen) atoms.